The van der Waals surface area contributed by atoms with Crippen LogP contribution in [-0.2, 0) is 4.74 Å². The average molecular weight is 294 g/mol. The maximum atomic E-state index is 12.2. The number of hydrogen-bond acceptors (Lipinski definition) is 3. The first-order valence-corrected chi connectivity index (χ1v) is 8.59. The highest BCUT2D eigenvalue weighted by atomic mass is 16.6. The molecule has 0 radical (unpaired) electrons. The van der Waals surface area contributed by atoms with Gasteiger partial charge in [0, 0.05) is 25.7 Å². The number of likely N-dealkylation sites (tertiary alicyclic amines) is 1. The molecule has 21 heavy (non-hydrogen) atoms. The van der Waals surface area contributed by atoms with Gasteiger partial charge < -0.3 is 15.0 Å². The summed E-state index contributed by atoms with van der Waals surface area (Å²) in [6.45, 7) is 8.58. The highest BCUT2D eigenvalue weighted by Gasteiger charge is 2.53. The van der Waals surface area contributed by atoms with E-state index in [0.29, 0.717) is 11.5 Å². The molecule has 1 aliphatic heterocycles. The van der Waals surface area contributed by atoms with E-state index in [1.54, 1.807) is 0 Å². The van der Waals surface area contributed by atoms with Crippen molar-refractivity contribution < 1.29 is 9.53 Å². The van der Waals surface area contributed by atoms with Crippen LogP contribution in [0.5, 0.6) is 0 Å². The van der Waals surface area contributed by atoms with Crippen molar-refractivity contribution >= 4 is 6.09 Å². The van der Waals surface area contributed by atoms with Crippen molar-refractivity contribution in [1.82, 2.24) is 10.2 Å². The SMILES string of the molecule is CC(C)(C)OC(=O)N1CCCC(NCC2(C3CC3)CC2)C1. The van der Waals surface area contributed by atoms with Crippen LogP contribution in [-0.4, -0.2) is 42.3 Å². The van der Waals surface area contributed by atoms with Crippen LogP contribution in [0.15, 0.2) is 0 Å². The fraction of sp³-hybridized carbons (Fsp3) is 0.941. The standard InChI is InChI=1S/C17H30N2O2/c1-16(2,3)21-15(20)19-10-4-5-14(11-19)18-12-17(8-9-17)13-6-7-13/h13-14,18H,4-12H2,1-3H3. The van der Waals surface area contributed by atoms with Gasteiger partial charge in [-0.15, -0.1) is 0 Å². The Morgan fingerprint density at radius 3 is 2.57 bits per heavy atom. The number of piperidine rings is 1. The van der Waals surface area contributed by atoms with Crippen molar-refractivity contribution in [3.05, 3.63) is 0 Å². The zero-order chi connectivity index (χ0) is 15.1. The first-order valence-electron chi connectivity index (χ1n) is 8.59. The Morgan fingerprint density at radius 1 is 1.29 bits per heavy atom. The minimum atomic E-state index is -0.401. The van der Waals surface area contributed by atoms with Gasteiger partial charge >= 0.3 is 6.09 Å². The Hall–Kier alpha value is -0.770. The lowest BCUT2D eigenvalue weighted by atomic mass is 9.99. The Balaban J connectivity index is 1.45. The summed E-state index contributed by atoms with van der Waals surface area (Å²) in [6.07, 6.45) is 7.80. The lowest BCUT2D eigenvalue weighted by molar-refractivity contribution is 0.0185. The van der Waals surface area contributed by atoms with Crippen molar-refractivity contribution in [3.8, 4) is 0 Å². The van der Waals surface area contributed by atoms with E-state index in [-0.39, 0.29) is 6.09 Å². The minimum Gasteiger partial charge on any atom is -0.444 e. The smallest absolute Gasteiger partial charge is 0.410 e. The summed E-state index contributed by atoms with van der Waals surface area (Å²) in [4.78, 5) is 14.0. The molecule has 4 nitrogen and oxygen atoms in total. The first-order chi connectivity index (χ1) is 9.88. The van der Waals surface area contributed by atoms with Crippen LogP contribution in [0.4, 0.5) is 4.79 Å². The van der Waals surface area contributed by atoms with E-state index in [0.717, 1.165) is 32.0 Å². The molecular weight excluding hydrogens is 264 g/mol. The fourth-order valence-corrected chi connectivity index (χ4v) is 3.57. The molecule has 1 unspecified atom stereocenters. The van der Waals surface area contributed by atoms with Crippen LogP contribution in [0.25, 0.3) is 0 Å². The van der Waals surface area contributed by atoms with Crippen LogP contribution < -0.4 is 5.32 Å². The maximum absolute atomic E-state index is 12.2. The molecule has 0 aromatic heterocycles. The van der Waals surface area contributed by atoms with Crippen LogP contribution in [0.3, 0.4) is 0 Å². The fourth-order valence-electron chi connectivity index (χ4n) is 3.57. The van der Waals surface area contributed by atoms with E-state index in [1.807, 2.05) is 25.7 Å². The van der Waals surface area contributed by atoms with Gasteiger partial charge in [-0.3, -0.25) is 0 Å². The number of amides is 1. The minimum absolute atomic E-state index is 0.155. The molecule has 1 N–H and O–H groups in total. The molecule has 1 saturated heterocycles. The summed E-state index contributed by atoms with van der Waals surface area (Å²) >= 11 is 0. The van der Waals surface area contributed by atoms with E-state index in [1.165, 1.54) is 32.1 Å². The number of ether oxygens (including phenoxy) is 1. The van der Waals surface area contributed by atoms with Crippen molar-refractivity contribution in [2.75, 3.05) is 19.6 Å². The van der Waals surface area contributed by atoms with Gasteiger partial charge in [-0.25, -0.2) is 4.79 Å². The van der Waals surface area contributed by atoms with Crippen LogP contribution in [0, 0.1) is 11.3 Å². The molecule has 3 rings (SSSR count). The lowest BCUT2D eigenvalue weighted by Gasteiger charge is -2.35. The summed E-state index contributed by atoms with van der Waals surface area (Å²) in [7, 11) is 0. The molecule has 2 aliphatic carbocycles. The van der Waals surface area contributed by atoms with Gasteiger partial charge in [-0.1, -0.05) is 0 Å². The predicted molar refractivity (Wildman–Crippen MR) is 83.2 cm³/mol. The first kappa shape index (κ1) is 15.1. The summed E-state index contributed by atoms with van der Waals surface area (Å²) in [5.41, 5.74) is 0.232. The molecule has 1 heterocycles. The molecule has 0 spiro atoms. The summed E-state index contributed by atoms with van der Waals surface area (Å²) in [5.74, 6) is 0.996. The highest BCUT2D eigenvalue weighted by molar-refractivity contribution is 5.68. The third-order valence-electron chi connectivity index (χ3n) is 5.15. The average Bonchev–Trinajstić information content (AvgIpc) is 3.25. The largest absolute Gasteiger partial charge is 0.444 e. The van der Waals surface area contributed by atoms with E-state index in [2.05, 4.69) is 5.32 Å². The molecule has 1 amide bonds. The number of rotatable bonds is 4. The normalized spacial score (nSPS) is 28.3. The molecule has 4 heteroatoms. The Morgan fingerprint density at radius 2 is 2.00 bits per heavy atom. The van der Waals surface area contributed by atoms with Gasteiger partial charge in [0.15, 0.2) is 0 Å². The van der Waals surface area contributed by atoms with Gasteiger partial charge in [0.05, 0.1) is 0 Å². The summed E-state index contributed by atoms with van der Waals surface area (Å²) in [5, 5.41) is 3.74. The molecule has 3 aliphatic rings. The topological polar surface area (TPSA) is 41.6 Å². The molecule has 0 aromatic rings. The maximum Gasteiger partial charge on any atom is 0.410 e. The van der Waals surface area contributed by atoms with Crippen molar-refractivity contribution in [1.29, 1.82) is 0 Å². The predicted octanol–water partition coefficient (Wildman–Crippen LogP) is 3.17. The second kappa shape index (κ2) is 5.45. The molecule has 2 saturated carbocycles. The number of hydrogen-bond donors (Lipinski definition) is 1. The van der Waals surface area contributed by atoms with Crippen molar-refractivity contribution in [2.24, 2.45) is 11.3 Å². The summed E-state index contributed by atoms with van der Waals surface area (Å²) in [6, 6.07) is 0.447. The van der Waals surface area contributed by atoms with Gasteiger partial charge in [0.1, 0.15) is 5.60 Å². The number of carbonyl (C=O) groups excluding carboxylic acids is 1. The van der Waals surface area contributed by atoms with Crippen LogP contribution >= 0.6 is 0 Å². The molecule has 3 fully saturated rings. The van der Waals surface area contributed by atoms with Gasteiger partial charge in [-0.2, -0.15) is 0 Å². The van der Waals surface area contributed by atoms with Crippen molar-refractivity contribution in [2.45, 2.75) is 70.9 Å². The molecule has 0 aromatic carbocycles. The molecular formula is C17H30N2O2. The third-order valence-corrected chi connectivity index (χ3v) is 5.15. The molecule has 1 atom stereocenters. The Labute approximate surface area is 128 Å². The quantitative estimate of drug-likeness (QED) is 0.866. The van der Waals surface area contributed by atoms with E-state index >= 15 is 0 Å². The van der Waals surface area contributed by atoms with E-state index in [4.69, 9.17) is 4.74 Å². The summed E-state index contributed by atoms with van der Waals surface area (Å²) < 4.78 is 5.49. The zero-order valence-electron chi connectivity index (χ0n) is 13.8. The Bertz CT molecular complexity index is 394. The van der Waals surface area contributed by atoms with E-state index < -0.39 is 5.60 Å². The third kappa shape index (κ3) is 3.91. The second-order valence-electron chi connectivity index (χ2n) is 8.28. The monoisotopic (exact) mass is 294 g/mol. The molecule has 0 bridgehead atoms. The van der Waals surface area contributed by atoms with Crippen molar-refractivity contribution in [3.63, 3.8) is 0 Å². The Kier molecular flexibility index (Phi) is 3.93. The van der Waals surface area contributed by atoms with Gasteiger partial charge in [-0.05, 0) is 70.6 Å². The van der Waals surface area contributed by atoms with Gasteiger partial charge in [0.2, 0.25) is 0 Å². The van der Waals surface area contributed by atoms with Gasteiger partial charge in [0.25, 0.3) is 0 Å². The highest BCUT2D eigenvalue weighted by Crippen LogP contribution is 2.60. The number of nitrogens with one attached hydrogen (secondary N) is 1. The second-order valence-corrected chi connectivity index (χ2v) is 8.28. The van der Waals surface area contributed by atoms with Crippen LogP contribution in [0.2, 0.25) is 0 Å². The number of carbonyl (C=O) groups is 1. The van der Waals surface area contributed by atoms with E-state index in [9.17, 15) is 4.79 Å². The van der Waals surface area contributed by atoms with Crippen LogP contribution in [0.1, 0.15) is 59.3 Å². The number of nitrogens with zero attached hydrogens (tertiary/aromatic N) is 1. The zero-order valence-corrected chi connectivity index (χ0v) is 13.8. The molecule has 120 valence electrons. The lowest BCUT2D eigenvalue weighted by Crippen LogP contribution is -2.50.